The first-order valence-electron chi connectivity index (χ1n) is 5.11. The van der Waals surface area contributed by atoms with Crippen LogP contribution < -0.4 is 5.32 Å². The van der Waals surface area contributed by atoms with E-state index in [0.717, 1.165) is 11.6 Å². The fourth-order valence-electron chi connectivity index (χ4n) is 1.01. The predicted octanol–water partition coefficient (Wildman–Crippen LogP) is 2.09. The summed E-state index contributed by atoms with van der Waals surface area (Å²) in [5, 5.41) is 14.4. The molecule has 3 nitrogen and oxygen atoms in total. The molecule has 1 aromatic rings. The van der Waals surface area contributed by atoms with Crippen molar-refractivity contribution < 1.29 is 5.11 Å². The molecule has 2 N–H and O–H groups in total. The molecule has 1 heterocycles. The standard InChI is InChI=1S/C11H20N2OS/c1-8-12-6-9(15-8)7-13-10(2,3)11(4,5)14/h6,13-14H,7H2,1-5H3. The van der Waals surface area contributed by atoms with E-state index in [4.69, 9.17) is 0 Å². The van der Waals surface area contributed by atoms with Gasteiger partial charge in [-0.25, -0.2) is 4.98 Å². The Kier molecular flexibility index (Phi) is 3.53. The van der Waals surface area contributed by atoms with Gasteiger partial charge in [-0.05, 0) is 34.6 Å². The van der Waals surface area contributed by atoms with Gasteiger partial charge in [0, 0.05) is 23.2 Å². The molecule has 15 heavy (non-hydrogen) atoms. The molecular weight excluding hydrogens is 208 g/mol. The molecule has 1 aromatic heterocycles. The first-order valence-corrected chi connectivity index (χ1v) is 5.93. The van der Waals surface area contributed by atoms with Gasteiger partial charge in [-0.1, -0.05) is 0 Å². The van der Waals surface area contributed by atoms with Crippen LogP contribution in [-0.4, -0.2) is 21.2 Å². The third kappa shape index (κ3) is 3.26. The van der Waals surface area contributed by atoms with Gasteiger partial charge in [0.1, 0.15) is 0 Å². The Morgan fingerprint density at radius 2 is 2.00 bits per heavy atom. The molecule has 0 radical (unpaired) electrons. The van der Waals surface area contributed by atoms with E-state index in [1.165, 1.54) is 4.88 Å². The molecule has 0 spiro atoms. The number of nitrogens with one attached hydrogen (secondary N) is 1. The van der Waals surface area contributed by atoms with Gasteiger partial charge >= 0.3 is 0 Å². The summed E-state index contributed by atoms with van der Waals surface area (Å²) in [5.41, 5.74) is -1.06. The van der Waals surface area contributed by atoms with Crippen molar-refractivity contribution in [3.05, 3.63) is 16.1 Å². The van der Waals surface area contributed by atoms with E-state index in [1.807, 2.05) is 40.8 Å². The van der Waals surface area contributed by atoms with Gasteiger partial charge in [0.25, 0.3) is 0 Å². The number of rotatable bonds is 4. The van der Waals surface area contributed by atoms with Crippen LogP contribution in [0.25, 0.3) is 0 Å². The zero-order valence-corrected chi connectivity index (χ0v) is 10.9. The van der Waals surface area contributed by atoms with Crippen molar-refractivity contribution in [3.63, 3.8) is 0 Å². The average Bonchev–Trinajstić information content (AvgIpc) is 2.46. The number of aryl methyl sites for hydroxylation is 1. The number of hydrogen-bond acceptors (Lipinski definition) is 4. The Balaban J connectivity index is 2.57. The van der Waals surface area contributed by atoms with Gasteiger partial charge < -0.3 is 10.4 Å². The van der Waals surface area contributed by atoms with Crippen molar-refractivity contribution in [3.8, 4) is 0 Å². The van der Waals surface area contributed by atoms with Crippen LogP contribution in [-0.2, 0) is 6.54 Å². The van der Waals surface area contributed by atoms with Crippen molar-refractivity contribution in [2.75, 3.05) is 0 Å². The molecule has 1 rings (SSSR count). The second-order valence-electron chi connectivity index (χ2n) is 4.88. The van der Waals surface area contributed by atoms with Crippen LogP contribution in [0.3, 0.4) is 0 Å². The SMILES string of the molecule is Cc1ncc(CNC(C)(C)C(C)(C)O)s1. The van der Waals surface area contributed by atoms with Crippen molar-refractivity contribution in [2.45, 2.75) is 52.3 Å². The zero-order chi connectivity index (χ0) is 11.7. The Morgan fingerprint density at radius 3 is 2.40 bits per heavy atom. The molecule has 0 bridgehead atoms. The monoisotopic (exact) mass is 228 g/mol. The van der Waals surface area contributed by atoms with Gasteiger partial charge in [-0.3, -0.25) is 0 Å². The number of aliphatic hydroxyl groups is 1. The lowest BCUT2D eigenvalue weighted by molar-refractivity contribution is -0.00520. The first kappa shape index (κ1) is 12.6. The van der Waals surface area contributed by atoms with Gasteiger partial charge in [0.15, 0.2) is 0 Å². The van der Waals surface area contributed by atoms with E-state index in [2.05, 4.69) is 10.3 Å². The third-order valence-electron chi connectivity index (χ3n) is 2.90. The molecule has 0 unspecified atom stereocenters. The minimum absolute atomic E-state index is 0.315. The molecule has 86 valence electrons. The van der Waals surface area contributed by atoms with E-state index in [0.29, 0.717) is 0 Å². The second-order valence-corrected chi connectivity index (χ2v) is 6.20. The fourth-order valence-corrected chi connectivity index (χ4v) is 1.75. The zero-order valence-electron chi connectivity index (χ0n) is 10.1. The number of hydrogen-bond donors (Lipinski definition) is 2. The quantitative estimate of drug-likeness (QED) is 0.829. The van der Waals surface area contributed by atoms with Gasteiger partial charge in [0.2, 0.25) is 0 Å². The second kappa shape index (κ2) is 4.20. The molecular formula is C11H20N2OS. The lowest BCUT2D eigenvalue weighted by Gasteiger charge is -2.38. The van der Waals surface area contributed by atoms with Crippen molar-refractivity contribution >= 4 is 11.3 Å². The minimum Gasteiger partial charge on any atom is -0.389 e. The van der Waals surface area contributed by atoms with Crippen LogP contribution in [0.4, 0.5) is 0 Å². The Hall–Kier alpha value is -0.450. The average molecular weight is 228 g/mol. The summed E-state index contributed by atoms with van der Waals surface area (Å²) in [6.45, 7) is 10.4. The maximum atomic E-state index is 9.95. The third-order valence-corrected chi connectivity index (χ3v) is 3.82. The van der Waals surface area contributed by atoms with Gasteiger partial charge in [-0.2, -0.15) is 0 Å². The summed E-state index contributed by atoms with van der Waals surface area (Å²) in [6, 6.07) is 0. The maximum Gasteiger partial charge on any atom is 0.0897 e. The molecule has 0 fully saturated rings. The topological polar surface area (TPSA) is 45.2 Å². The van der Waals surface area contributed by atoms with E-state index >= 15 is 0 Å². The Bertz CT molecular complexity index is 326. The predicted molar refractivity (Wildman–Crippen MR) is 64.1 cm³/mol. The highest BCUT2D eigenvalue weighted by Gasteiger charge is 2.34. The highest BCUT2D eigenvalue weighted by Crippen LogP contribution is 2.21. The molecule has 0 saturated heterocycles. The largest absolute Gasteiger partial charge is 0.389 e. The highest BCUT2D eigenvalue weighted by atomic mass is 32.1. The smallest absolute Gasteiger partial charge is 0.0897 e. The Labute approximate surface area is 95.6 Å². The van der Waals surface area contributed by atoms with Crippen LogP contribution in [0.5, 0.6) is 0 Å². The lowest BCUT2D eigenvalue weighted by Crippen LogP contribution is -2.55. The van der Waals surface area contributed by atoms with Crippen LogP contribution in [0.15, 0.2) is 6.20 Å². The van der Waals surface area contributed by atoms with Crippen LogP contribution in [0.1, 0.15) is 37.6 Å². The summed E-state index contributed by atoms with van der Waals surface area (Å²) in [7, 11) is 0. The van der Waals surface area contributed by atoms with E-state index < -0.39 is 5.60 Å². The molecule has 0 atom stereocenters. The number of thiazole rings is 1. The summed E-state index contributed by atoms with van der Waals surface area (Å²) < 4.78 is 0. The van der Waals surface area contributed by atoms with Crippen LogP contribution in [0.2, 0.25) is 0 Å². The van der Waals surface area contributed by atoms with Gasteiger partial charge in [-0.15, -0.1) is 11.3 Å². The molecule has 0 amide bonds. The molecule has 0 aromatic carbocycles. The van der Waals surface area contributed by atoms with Crippen LogP contribution in [0, 0.1) is 6.92 Å². The lowest BCUT2D eigenvalue weighted by atomic mass is 9.86. The van der Waals surface area contributed by atoms with E-state index in [9.17, 15) is 5.11 Å². The highest BCUT2D eigenvalue weighted by molar-refractivity contribution is 7.11. The summed E-state index contributed by atoms with van der Waals surface area (Å²) in [5.74, 6) is 0. The minimum atomic E-state index is -0.743. The Morgan fingerprint density at radius 1 is 1.40 bits per heavy atom. The molecule has 0 saturated carbocycles. The summed E-state index contributed by atoms with van der Waals surface area (Å²) in [4.78, 5) is 5.39. The first-order chi connectivity index (χ1) is 6.72. The number of nitrogens with zero attached hydrogens (tertiary/aromatic N) is 1. The van der Waals surface area contributed by atoms with Gasteiger partial charge in [0.05, 0.1) is 10.6 Å². The van der Waals surface area contributed by atoms with Crippen molar-refractivity contribution in [2.24, 2.45) is 0 Å². The van der Waals surface area contributed by atoms with Crippen molar-refractivity contribution in [1.82, 2.24) is 10.3 Å². The molecule has 0 aliphatic rings. The number of aromatic nitrogens is 1. The molecule has 0 aliphatic carbocycles. The maximum absolute atomic E-state index is 9.95. The fraction of sp³-hybridized carbons (Fsp3) is 0.727. The van der Waals surface area contributed by atoms with E-state index in [1.54, 1.807) is 11.3 Å². The summed E-state index contributed by atoms with van der Waals surface area (Å²) in [6.07, 6.45) is 1.88. The van der Waals surface area contributed by atoms with E-state index in [-0.39, 0.29) is 5.54 Å². The summed E-state index contributed by atoms with van der Waals surface area (Å²) >= 11 is 1.68. The van der Waals surface area contributed by atoms with Crippen molar-refractivity contribution in [1.29, 1.82) is 0 Å². The normalized spacial score (nSPS) is 13.2. The molecule has 4 heteroatoms. The van der Waals surface area contributed by atoms with Crippen LogP contribution >= 0.6 is 11.3 Å². The molecule has 0 aliphatic heterocycles.